The largest absolute Gasteiger partial charge is 0.542 e. The van der Waals surface area contributed by atoms with Crippen LogP contribution in [-0.2, 0) is 4.79 Å². The molecule has 0 aromatic carbocycles. The van der Waals surface area contributed by atoms with Gasteiger partial charge in [-0.2, -0.15) is 33.6 Å². The van der Waals surface area contributed by atoms with E-state index in [1.807, 2.05) is 6.92 Å². The van der Waals surface area contributed by atoms with E-state index in [1.165, 1.54) is 6.42 Å². The summed E-state index contributed by atoms with van der Waals surface area (Å²) in [6.07, 6.45) is -2.00. The van der Waals surface area contributed by atoms with Gasteiger partial charge in [-0.25, -0.2) is 0 Å². The fourth-order valence-corrected chi connectivity index (χ4v) is 1.12. The Bertz CT molecular complexity index is 371. The number of alkyl halides is 3. The number of carboxylic acids is 1. The molecule has 0 aromatic rings. The zero-order valence-corrected chi connectivity index (χ0v) is 12.1. The molecule has 0 atom stereocenters. The zero-order valence-electron chi connectivity index (χ0n) is 12.1. The first-order valence-electron chi connectivity index (χ1n) is 6.34. The minimum atomic E-state index is -5.19. The van der Waals surface area contributed by atoms with Gasteiger partial charge in [-0.3, -0.25) is 0 Å². The zero-order chi connectivity index (χ0) is 16.7. The van der Waals surface area contributed by atoms with E-state index in [4.69, 9.17) is 15.6 Å². The average molecular weight is 310 g/mol. The number of carboxylic acid groups (broad SMARTS) is 1. The smallest absolute Gasteiger partial charge is 0.430 e. The van der Waals surface area contributed by atoms with Crippen molar-refractivity contribution < 1.29 is 23.1 Å². The molecule has 0 spiro atoms. The Morgan fingerprint density at radius 1 is 1.10 bits per heavy atom. The van der Waals surface area contributed by atoms with Crippen molar-refractivity contribution in [1.82, 2.24) is 0 Å². The third kappa shape index (κ3) is 9.88. The van der Waals surface area contributed by atoms with Crippen LogP contribution in [0.5, 0.6) is 0 Å². The number of aliphatic carboxylic acids is 1. The molecule has 0 aromatic heterocycles. The molecular weight excluding hydrogens is 291 g/mol. The predicted molar refractivity (Wildman–Crippen MR) is 66.2 cm³/mol. The fourth-order valence-electron chi connectivity index (χ4n) is 1.12. The SMILES string of the molecule is CC1(CCN)N=N1.CCCC1(C)N=N1.O=C([O-])C(F)(F)F. The van der Waals surface area contributed by atoms with Crippen molar-refractivity contribution >= 4 is 5.97 Å². The number of nitrogens with two attached hydrogens (primary N) is 1. The molecule has 2 aliphatic rings. The second-order valence-electron chi connectivity index (χ2n) is 4.91. The molecule has 0 bridgehead atoms. The topological polar surface area (TPSA) is 116 Å². The van der Waals surface area contributed by atoms with Gasteiger partial charge < -0.3 is 15.6 Å². The Hall–Kier alpha value is -1.58. The third-order valence-corrected chi connectivity index (χ3v) is 2.46. The molecule has 0 aliphatic carbocycles. The lowest BCUT2D eigenvalue weighted by Gasteiger charge is -2.03. The van der Waals surface area contributed by atoms with Crippen LogP contribution >= 0.6 is 0 Å². The summed E-state index contributed by atoms with van der Waals surface area (Å²) < 4.78 is 31.5. The molecule has 7 nitrogen and oxygen atoms in total. The van der Waals surface area contributed by atoms with E-state index in [-0.39, 0.29) is 11.3 Å². The molecule has 21 heavy (non-hydrogen) atoms. The Labute approximate surface area is 120 Å². The summed E-state index contributed by atoms with van der Waals surface area (Å²) >= 11 is 0. The monoisotopic (exact) mass is 310 g/mol. The highest BCUT2D eigenvalue weighted by molar-refractivity contribution is 5.70. The molecule has 2 rings (SSSR count). The average Bonchev–Trinajstić information content (AvgIpc) is 3.22. The molecule has 0 unspecified atom stereocenters. The quantitative estimate of drug-likeness (QED) is 0.853. The summed E-state index contributed by atoms with van der Waals surface area (Å²) in [6.45, 7) is 6.86. The fraction of sp³-hybridized carbons (Fsp3) is 0.909. The van der Waals surface area contributed by atoms with E-state index in [2.05, 4.69) is 34.3 Å². The van der Waals surface area contributed by atoms with Crippen LogP contribution in [0.25, 0.3) is 0 Å². The molecule has 2 heterocycles. The molecule has 0 saturated carbocycles. The summed E-state index contributed by atoms with van der Waals surface area (Å²) in [5.41, 5.74) is 5.21. The number of rotatable bonds is 4. The molecule has 122 valence electrons. The second-order valence-corrected chi connectivity index (χ2v) is 4.91. The van der Waals surface area contributed by atoms with Gasteiger partial charge in [-0.1, -0.05) is 13.3 Å². The van der Waals surface area contributed by atoms with Gasteiger partial charge in [0.05, 0.1) is 0 Å². The second kappa shape index (κ2) is 7.43. The lowest BCUT2D eigenvalue weighted by Crippen LogP contribution is -2.37. The molecular formula is C11H19F3N5O2-. The first-order valence-corrected chi connectivity index (χ1v) is 6.34. The molecule has 0 amide bonds. The maximum absolute atomic E-state index is 10.5. The van der Waals surface area contributed by atoms with Crippen LogP contribution in [0.2, 0.25) is 0 Å². The number of carbonyl (C=O) groups excluding carboxylic acids is 1. The number of hydrogen-bond acceptors (Lipinski definition) is 7. The molecule has 2 aliphatic heterocycles. The highest BCUT2D eigenvalue weighted by atomic mass is 19.4. The van der Waals surface area contributed by atoms with Gasteiger partial charge in [0.2, 0.25) is 0 Å². The van der Waals surface area contributed by atoms with Gasteiger partial charge in [0.15, 0.2) is 11.3 Å². The molecule has 0 saturated heterocycles. The first kappa shape index (κ1) is 19.4. The van der Waals surface area contributed by atoms with Crippen LogP contribution in [-0.4, -0.2) is 30.0 Å². The van der Waals surface area contributed by atoms with Crippen molar-refractivity contribution in [2.75, 3.05) is 6.54 Å². The van der Waals surface area contributed by atoms with Gasteiger partial charge in [0, 0.05) is 6.42 Å². The Kier molecular flexibility index (Phi) is 6.88. The van der Waals surface area contributed by atoms with E-state index in [1.54, 1.807) is 0 Å². The van der Waals surface area contributed by atoms with E-state index < -0.39 is 12.1 Å². The van der Waals surface area contributed by atoms with Crippen LogP contribution in [0.1, 0.15) is 40.0 Å². The van der Waals surface area contributed by atoms with E-state index in [9.17, 15) is 13.2 Å². The Morgan fingerprint density at radius 2 is 1.43 bits per heavy atom. The van der Waals surface area contributed by atoms with Crippen molar-refractivity contribution in [3.63, 3.8) is 0 Å². The van der Waals surface area contributed by atoms with Crippen molar-refractivity contribution in [3.05, 3.63) is 0 Å². The summed E-state index contributed by atoms with van der Waals surface area (Å²) in [5, 5.41) is 24.0. The lowest BCUT2D eigenvalue weighted by atomic mass is 10.1. The van der Waals surface area contributed by atoms with Gasteiger partial charge >= 0.3 is 6.18 Å². The maximum Gasteiger partial charge on any atom is 0.430 e. The van der Waals surface area contributed by atoms with Crippen LogP contribution < -0.4 is 10.8 Å². The van der Waals surface area contributed by atoms with Gasteiger partial charge in [0.1, 0.15) is 5.97 Å². The van der Waals surface area contributed by atoms with Gasteiger partial charge in [0.25, 0.3) is 0 Å². The van der Waals surface area contributed by atoms with Crippen molar-refractivity contribution in [1.29, 1.82) is 0 Å². The van der Waals surface area contributed by atoms with Gasteiger partial charge in [-0.15, -0.1) is 0 Å². The maximum atomic E-state index is 10.5. The summed E-state index contributed by atoms with van der Waals surface area (Å²) in [4.78, 5) is 8.78. The van der Waals surface area contributed by atoms with Crippen molar-refractivity contribution in [2.45, 2.75) is 57.5 Å². The van der Waals surface area contributed by atoms with Crippen LogP contribution in [0.3, 0.4) is 0 Å². The summed E-state index contributed by atoms with van der Waals surface area (Å²) in [7, 11) is 0. The number of nitrogens with zero attached hydrogens (tertiary/aromatic N) is 4. The third-order valence-electron chi connectivity index (χ3n) is 2.46. The molecule has 10 heteroatoms. The minimum absolute atomic E-state index is 0.0503. The highest BCUT2D eigenvalue weighted by Crippen LogP contribution is 2.31. The standard InChI is InChI=1S/C5H10N2.C4H9N3.C2HF3O2/c1-3-4-5(2)6-7-5;1-4(2-3-5)6-7-4;3-2(4,5)1(6)7/h3-4H2,1-2H3;2-3,5H2,1H3;(H,6,7)/p-1. The van der Waals surface area contributed by atoms with Crippen LogP contribution in [0.15, 0.2) is 20.5 Å². The Balaban J connectivity index is 0.000000286. The lowest BCUT2D eigenvalue weighted by molar-refractivity contribution is -0.344. The number of hydrogen-bond donors (Lipinski definition) is 1. The first-order chi connectivity index (χ1) is 9.48. The normalized spacial score (nSPS) is 18.8. The van der Waals surface area contributed by atoms with Crippen LogP contribution in [0, 0.1) is 0 Å². The Morgan fingerprint density at radius 3 is 1.52 bits per heavy atom. The van der Waals surface area contributed by atoms with Crippen molar-refractivity contribution in [3.8, 4) is 0 Å². The van der Waals surface area contributed by atoms with Crippen LogP contribution in [0.4, 0.5) is 13.2 Å². The van der Waals surface area contributed by atoms with E-state index >= 15 is 0 Å². The summed E-state index contributed by atoms with van der Waals surface area (Å²) in [6, 6.07) is 0. The summed E-state index contributed by atoms with van der Waals surface area (Å²) in [5.74, 6) is -3.01. The molecule has 0 fully saturated rings. The molecule has 0 radical (unpaired) electrons. The van der Waals surface area contributed by atoms with E-state index in [0.717, 1.165) is 12.8 Å². The van der Waals surface area contributed by atoms with E-state index in [0.29, 0.717) is 6.54 Å². The predicted octanol–water partition coefficient (Wildman–Crippen LogP) is 1.78. The molecule has 2 N–H and O–H groups in total. The highest BCUT2D eigenvalue weighted by Gasteiger charge is 2.32. The van der Waals surface area contributed by atoms with Gasteiger partial charge in [-0.05, 0) is 26.8 Å². The van der Waals surface area contributed by atoms with Crippen molar-refractivity contribution in [2.24, 2.45) is 26.2 Å². The minimum Gasteiger partial charge on any atom is -0.542 e. The number of carbonyl (C=O) groups is 1. The number of halogens is 3.